The minimum absolute atomic E-state index is 0. The summed E-state index contributed by atoms with van der Waals surface area (Å²) in [5, 5.41) is 0. The quantitative estimate of drug-likeness (QED) is 0.714. The number of carbonyl (C=O) groups excluding carboxylic acids is 1. The molecule has 0 radical (unpaired) electrons. The van der Waals surface area contributed by atoms with Gasteiger partial charge in [-0.25, -0.2) is 0 Å². The van der Waals surface area contributed by atoms with Crippen molar-refractivity contribution in [2.45, 2.75) is 32.2 Å². The van der Waals surface area contributed by atoms with Gasteiger partial charge >= 0.3 is 5.97 Å². The Morgan fingerprint density at radius 2 is 2.07 bits per heavy atom. The van der Waals surface area contributed by atoms with Crippen LogP contribution in [-0.4, -0.2) is 18.6 Å². The highest BCUT2D eigenvalue weighted by atomic mass is 35.5. The van der Waals surface area contributed by atoms with Crippen molar-refractivity contribution in [3.8, 4) is 0 Å². The molecule has 2 bridgehead atoms. The van der Waals surface area contributed by atoms with Gasteiger partial charge in [0.25, 0.3) is 0 Å². The van der Waals surface area contributed by atoms with Gasteiger partial charge in [0.2, 0.25) is 0 Å². The van der Waals surface area contributed by atoms with Crippen LogP contribution in [0.3, 0.4) is 0 Å². The van der Waals surface area contributed by atoms with Crippen LogP contribution in [0.1, 0.15) is 26.2 Å². The lowest BCUT2D eigenvalue weighted by Crippen LogP contribution is -2.41. The standard InChI is InChI=1S/C10H17NO2.ClH/c1-2-13-10(12)8-6-3-4-7(5-6)9(8)11;/h6-9H,2-5,11H2,1H3;1H/t6-,7+,8+,9-;/m0./s1. The van der Waals surface area contributed by atoms with Gasteiger partial charge < -0.3 is 10.5 Å². The molecule has 4 heteroatoms. The first kappa shape index (κ1) is 11.8. The number of esters is 1. The fourth-order valence-electron chi connectivity index (χ4n) is 2.92. The molecule has 4 atom stereocenters. The predicted molar refractivity (Wildman–Crippen MR) is 56.2 cm³/mol. The molecule has 2 N–H and O–H groups in total. The second-order valence-electron chi connectivity index (χ2n) is 4.19. The van der Waals surface area contributed by atoms with Crippen LogP contribution in [0.2, 0.25) is 0 Å². The van der Waals surface area contributed by atoms with E-state index in [0.29, 0.717) is 18.4 Å². The summed E-state index contributed by atoms with van der Waals surface area (Å²) in [6, 6.07) is 0.0674. The molecule has 2 aliphatic rings. The molecule has 0 spiro atoms. The van der Waals surface area contributed by atoms with Gasteiger partial charge in [-0.3, -0.25) is 4.79 Å². The number of nitrogens with two attached hydrogens (primary N) is 1. The molecule has 2 saturated carbocycles. The molecule has 3 nitrogen and oxygen atoms in total. The third kappa shape index (κ3) is 1.75. The number of hydrogen-bond acceptors (Lipinski definition) is 3. The third-order valence-corrected chi connectivity index (χ3v) is 3.54. The van der Waals surface area contributed by atoms with E-state index < -0.39 is 0 Å². The van der Waals surface area contributed by atoms with Crippen molar-refractivity contribution >= 4 is 18.4 Å². The molecule has 14 heavy (non-hydrogen) atoms. The van der Waals surface area contributed by atoms with E-state index >= 15 is 0 Å². The minimum Gasteiger partial charge on any atom is -0.466 e. The highest BCUT2D eigenvalue weighted by molar-refractivity contribution is 5.85. The van der Waals surface area contributed by atoms with Crippen LogP contribution in [0.5, 0.6) is 0 Å². The van der Waals surface area contributed by atoms with Gasteiger partial charge in [-0.15, -0.1) is 12.4 Å². The Labute approximate surface area is 90.8 Å². The van der Waals surface area contributed by atoms with Crippen molar-refractivity contribution in [2.75, 3.05) is 6.61 Å². The van der Waals surface area contributed by atoms with E-state index in [2.05, 4.69) is 0 Å². The summed E-state index contributed by atoms with van der Waals surface area (Å²) in [6.07, 6.45) is 3.52. The number of fused-ring (bicyclic) bond motifs is 2. The van der Waals surface area contributed by atoms with Crippen LogP contribution >= 0.6 is 12.4 Å². The Bertz CT molecular complexity index is 220. The molecular formula is C10H18ClNO2. The molecule has 0 amide bonds. The van der Waals surface area contributed by atoms with Crippen molar-refractivity contribution in [3.63, 3.8) is 0 Å². The number of carbonyl (C=O) groups is 1. The van der Waals surface area contributed by atoms with Gasteiger partial charge in [0.05, 0.1) is 12.5 Å². The van der Waals surface area contributed by atoms with Crippen LogP contribution in [-0.2, 0) is 9.53 Å². The number of rotatable bonds is 2. The Morgan fingerprint density at radius 1 is 1.43 bits per heavy atom. The van der Waals surface area contributed by atoms with Crippen molar-refractivity contribution < 1.29 is 9.53 Å². The van der Waals surface area contributed by atoms with E-state index in [0.717, 1.165) is 6.42 Å². The number of ether oxygens (including phenoxy) is 1. The van der Waals surface area contributed by atoms with Gasteiger partial charge in [-0.1, -0.05) is 0 Å². The third-order valence-electron chi connectivity index (χ3n) is 3.54. The van der Waals surface area contributed by atoms with Crippen molar-refractivity contribution in [3.05, 3.63) is 0 Å². The topological polar surface area (TPSA) is 52.3 Å². The maximum absolute atomic E-state index is 11.5. The van der Waals surface area contributed by atoms with Gasteiger partial charge in [0, 0.05) is 6.04 Å². The molecule has 2 aliphatic carbocycles. The SMILES string of the molecule is CCOC(=O)[C@@H]1[C@H]2CC[C@H](C2)[C@@H]1N.Cl. The summed E-state index contributed by atoms with van der Waals surface area (Å²) in [5.74, 6) is 1.03. The summed E-state index contributed by atoms with van der Waals surface area (Å²) in [4.78, 5) is 11.5. The molecular weight excluding hydrogens is 202 g/mol. The summed E-state index contributed by atoms with van der Waals surface area (Å²) >= 11 is 0. The van der Waals surface area contributed by atoms with Crippen LogP contribution < -0.4 is 5.73 Å². The smallest absolute Gasteiger partial charge is 0.310 e. The molecule has 0 unspecified atom stereocenters. The van der Waals surface area contributed by atoms with Crippen LogP contribution in [0, 0.1) is 17.8 Å². The molecule has 0 aromatic rings. The van der Waals surface area contributed by atoms with Gasteiger partial charge in [-0.05, 0) is 38.0 Å². The summed E-state index contributed by atoms with van der Waals surface area (Å²) in [5.41, 5.74) is 5.99. The van der Waals surface area contributed by atoms with Crippen molar-refractivity contribution in [2.24, 2.45) is 23.5 Å². The van der Waals surface area contributed by atoms with E-state index in [1.165, 1.54) is 12.8 Å². The summed E-state index contributed by atoms with van der Waals surface area (Å²) in [7, 11) is 0. The second-order valence-corrected chi connectivity index (χ2v) is 4.19. The highest BCUT2D eigenvalue weighted by Gasteiger charge is 2.49. The molecule has 2 rings (SSSR count). The number of halogens is 1. The number of hydrogen-bond donors (Lipinski definition) is 1. The van der Waals surface area contributed by atoms with Crippen LogP contribution in [0.4, 0.5) is 0 Å². The zero-order valence-electron chi connectivity index (χ0n) is 8.44. The summed E-state index contributed by atoms with van der Waals surface area (Å²) in [6.45, 7) is 2.32. The summed E-state index contributed by atoms with van der Waals surface area (Å²) < 4.78 is 5.03. The first-order valence-corrected chi connectivity index (χ1v) is 5.16. The van der Waals surface area contributed by atoms with Crippen molar-refractivity contribution in [1.82, 2.24) is 0 Å². The maximum atomic E-state index is 11.5. The average molecular weight is 220 g/mol. The van der Waals surface area contributed by atoms with E-state index in [-0.39, 0.29) is 30.3 Å². The lowest BCUT2D eigenvalue weighted by atomic mass is 9.85. The molecule has 0 saturated heterocycles. The molecule has 2 fully saturated rings. The molecule has 82 valence electrons. The lowest BCUT2D eigenvalue weighted by Gasteiger charge is -2.25. The Morgan fingerprint density at radius 3 is 2.57 bits per heavy atom. The Kier molecular flexibility index (Phi) is 3.78. The molecule has 0 aliphatic heterocycles. The first-order chi connectivity index (χ1) is 6.24. The Hall–Kier alpha value is -0.280. The van der Waals surface area contributed by atoms with E-state index in [9.17, 15) is 4.79 Å². The van der Waals surface area contributed by atoms with Gasteiger partial charge in [-0.2, -0.15) is 0 Å². The monoisotopic (exact) mass is 219 g/mol. The molecule has 0 heterocycles. The fourth-order valence-corrected chi connectivity index (χ4v) is 2.92. The predicted octanol–water partition coefficient (Wildman–Crippen LogP) is 1.34. The molecule has 0 aromatic carbocycles. The average Bonchev–Trinajstić information content (AvgIpc) is 2.63. The maximum Gasteiger partial charge on any atom is 0.310 e. The second kappa shape index (κ2) is 4.49. The van der Waals surface area contributed by atoms with Gasteiger partial charge in [0.1, 0.15) is 0 Å². The Balaban J connectivity index is 0.000000980. The van der Waals surface area contributed by atoms with Crippen molar-refractivity contribution in [1.29, 1.82) is 0 Å². The molecule has 0 aromatic heterocycles. The fraction of sp³-hybridized carbons (Fsp3) is 0.900. The normalized spacial score (nSPS) is 39.3. The zero-order chi connectivity index (χ0) is 9.42. The van der Waals surface area contributed by atoms with E-state index in [1.807, 2.05) is 6.92 Å². The lowest BCUT2D eigenvalue weighted by molar-refractivity contribution is -0.150. The van der Waals surface area contributed by atoms with Crippen LogP contribution in [0.15, 0.2) is 0 Å². The zero-order valence-corrected chi connectivity index (χ0v) is 9.26. The van der Waals surface area contributed by atoms with Gasteiger partial charge in [0.15, 0.2) is 0 Å². The van der Waals surface area contributed by atoms with E-state index in [4.69, 9.17) is 10.5 Å². The minimum atomic E-state index is -0.0674. The highest BCUT2D eigenvalue weighted by Crippen LogP contribution is 2.47. The van der Waals surface area contributed by atoms with E-state index in [1.54, 1.807) is 0 Å². The largest absolute Gasteiger partial charge is 0.466 e. The first-order valence-electron chi connectivity index (χ1n) is 5.16. The van der Waals surface area contributed by atoms with Crippen LogP contribution in [0.25, 0.3) is 0 Å².